The molecule has 1 heterocycles. The second kappa shape index (κ2) is 8.87. The molecule has 0 aliphatic heterocycles. The van der Waals surface area contributed by atoms with Crippen LogP contribution < -0.4 is 0 Å². The van der Waals surface area contributed by atoms with Crippen LogP contribution in [0.15, 0.2) is 41.7 Å². The standard InChI is InChI=1S/C13H15N3O2.C2H6/c1-11-8-16(13(15-11)7-14-17)10-18-9-12-5-3-2-4-6-12;1-2/h2-8,17H,9-10H2,1H3;1-2H3/b14-7+;. The van der Waals surface area contributed by atoms with E-state index in [4.69, 9.17) is 9.94 Å². The molecular formula is C15H21N3O2. The SMILES string of the molecule is CC.Cc1cn(COCc2ccccc2)c(/C=N/O)n1. The summed E-state index contributed by atoms with van der Waals surface area (Å²) in [6.07, 6.45) is 3.14. The molecule has 1 aromatic carbocycles. The number of aromatic nitrogens is 2. The van der Waals surface area contributed by atoms with Crippen molar-refractivity contribution in [3.05, 3.63) is 53.6 Å². The van der Waals surface area contributed by atoms with Crippen LogP contribution in [0, 0.1) is 6.92 Å². The summed E-state index contributed by atoms with van der Waals surface area (Å²) in [5.74, 6) is 0.572. The fourth-order valence-corrected chi connectivity index (χ4v) is 1.66. The maximum Gasteiger partial charge on any atom is 0.156 e. The first-order valence-electron chi connectivity index (χ1n) is 6.62. The molecule has 0 spiro atoms. The van der Waals surface area contributed by atoms with Gasteiger partial charge in [-0.15, -0.1) is 0 Å². The lowest BCUT2D eigenvalue weighted by molar-refractivity contribution is 0.0636. The summed E-state index contributed by atoms with van der Waals surface area (Å²) in [6.45, 7) is 6.78. The van der Waals surface area contributed by atoms with Gasteiger partial charge >= 0.3 is 0 Å². The number of imidazole rings is 1. The molecule has 108 valence electrons. The molecule has 0 atom stereocenters. The molecule has 0 unspecified atom stereocenters. The Morgan fingerprint density at radius 2 is 2.00 bits per heavy atom. The number of nitrogens with zero attached hydrogens (tertiary/aromatic N) is 3. The van der Waals surface area contributed by atoms with Crippen LogP contribution in [-0.2, 0) is 18.1 Å². The van der Waals surface area contributed by atoms with Crippen LogP contribution in [0.1, 0.15) is 30.9 Å². The van der Waals surface area contributed by atoms with Crippen molar-refractivity contribution >= 4 is 6.21 Å². The molecule has 0 fully saturated rings. The van der Waals surface area contributed by atoms with Gasteiger partial charge in [0.15, 0.2) is 5.82 Å². The monoisotopic (exact) mass is 275 g/mol. The van der Waals surface area contributed by atoms with Gasteiger partial charge in [-0.05, 0) is 12.5 Å². The summed E-state index contributed by atoms with van der Waals surface area (Å²) in [4.78, 5) is 4.20. The topological polar surface area (TPSA) is 59.6 Å². The van der Waals surface area contributed by atoms with Gasteiger partial charge in [-0.1, -0.05) is 49.3 Å². The fraction of sp³-hybridized carbons (Fsp3) is 0.333. The van der Waals surface area contributed by atoms with E-state index in [9.17, 15) is 0 Å². The van der Waals surface area contributed by atoms with Crippen LogP contribution in [0.3, 0.4) is 0 Å². The van der Waals surface area contributed by atoms with Crippen molar-refractivity contribution in [2.75, 3.05) is 0 Å². The van der Waals surface area contributed by atoms with Crippen molar-refractivity contribution in [1.82, 2.24) is 9.55 Å². The van der Waals surface area contributed by atoms with Gasteiger partial charge in [0.25, 0.3) is 0 Å². The lowest BCUT2D eigenvalue weighted by atomic mass is 10.2. The molecule has 5 heteroatoms. The van der Waals surface area contributed by atoms with Gasteiger partial charge in [0.1, 0.15) is 12.9 Å². The molecule has 20 heavy (non-hydrogen) atoms. The van der Waals surface area contributed by atoms with E-state index >= 15 is 0 Å². The number of hydrogen-bond donors (Lipinski definition) is 1. The Hall–Kier alpha value is -2.14. The second-order valence-corrected chi connectivity index (χ2v) is 3.92. The Bertz CT molecular complexity index is 521. The predicted octanol–water partition coefficient (Wildman–Crippen LogP) is 3.20. The van der Waals surface area contributed by atoms with Crippen molar-refractivity contribution in [3.8, 4) is 0 Å². The van der Waals surface area contributed by atoms with E-state index in [0.717, 1.165) is 11.3 Å². The first kappa shape index (κ1) is 15.9. The van der Waals surface area contributed by atoms with Crippen molar-refractivity contribution in [2.24, 2.45) is 5.16 Å². The highest BCUT2D eigenvalue weighted by molar-refractivity contribution is 5.74. The minimum absolute atomic E-state index is 0.372. The van der Waals surface area contributed by atoms with Gasteiger partial charge in [-0.2, -0.15) is 0 Å². The number of benzene rings is 1. The smallest absolute Gasteiger partial charge is 0.156 e. The highest BCUT2D eigenvalue weighted by atomic mass is 16.5. The normalized spacial score (nSPS) is 10.3. The number of ether oxygens (including phenoxy) is 1. The third-order valence-corrected chi connectivity index (χ3v) is 2.44. The quantitative estimate of drug-likeness (QED) is 0.518. The number of hydrogen-bond acceptors (Lipinski definition) is 4. The molecule has 1 aromatic heterocycles. The Morgan fingerprint density at radius 3 is 2.65 bits per heavy atom. The lowest BCUT2D eigenvalue weighted by Gasteiger charge is -2.06. The van der Waals surface area contributed by atoms with E-state index in [1.807, 2.05) is 57.3 Å². The van der Waals surface area contributed by atoms with Crippen LogP contribution in [0.4, 0.5) is 0 Å². The largest absolute Gasteiger partial charge is 0.411 e. The Balaban J connectivity index is 0.000000956. The van der Waals surface area contributed by atoms with Gasteiger partial charge in [0.05, 0.1) is 12.3 Å². The molecule has 1 N–H and O–H groups in total. The highest BCUT2D eigenvalue weighted by Crippen LogP contribution is 2.04. The number of rotatable bonds is 5. The summed E-state index contributed by atoms with van der Waals surface area (Å²) in [6, 6.07) is 9.94. The number of oxime groups is 1. The van der Waals surface area contributed by atoms with Gasteiger partial charge in [-0.3, -0.25) is 0 Å². The summed E-state index contributed by atoms with van der Waals surface area (Å²) < 4.78 is 7.38. The molecule has 2 rings (SSSR count). The zero-order valence-electron chi connectivity index (χ0n) is 12.2. The van der Waals surface area contributed by atoms with Crippen molar-refractivity contribution < 1.29 is 9.94 Å². The third kappa shape index (κ3) is 4.85. The maximum absolute atomic E-state index is 8.53. The van der Waals surface area contributed by atoms with Crippen LogP contribution >= 0.6 is 0 Å². The van der Waals surface area contributed by atoms with E-state index in [0.29, 0.717) is 19.2 Å². The summed E-state index contributed by atoms with van der Waals surface area (Å²) in [5, 5.41) is 11.5. The molecular weight excluding hydrogens is 254 g/mol. The molecule has 0 saturated carbocycles. The van der Waals surface area contributed by atoms with E-state index in [1.165, 1.54) is 6.21 Å². The first-order valence-corrected chi connectivity index (χ1v) is 6.62. The van der Waals surface area contributed by atoms with E-state index in [2.05, 4.69) is 10.1 Å². The van der Waals surface area contributed by atoms with Gasteiger partial charge < -0.3 is 14.5 Å². The summed E-state index contributed by atoms with van der Waals surface area (Å²) >= 11 is 0. The van der Waals surface area contributed by atoms with Crippen molar-refractivity contribution in [1.29, 1.82) is 0 Å². The predicted molar refractivity (Wildman–Crippen MR) is 78.9 cm³/mol. The first-order chi connectivity index (χ1) is 9.79. The van der Waals surface area contributed by atoms with Crippen molar-refractivity contribution in [3.63, 3.8) is 0 Å². The van der Waals surface area contributed by atoms with Gasteiger partial charge in [0.2, 0.25) is 0 Å². The van der Waals surface area contributed by atoms with E-state index in [1.54, 1.807) is 4.57 Å². The lowest BCUT2D eigenvalue weighted by Crippen LogP contribution is -2.05. The van der Waals surface area contributed by atoms with Crippen LogP contribution in [0.5, 0.6) is 0 Å². The number of aryl methyl sites for hydroxylation is 1. The van der Waals surface area contributed by atoms with Gasteiger partial charge in [-0.25, -0.2) is 4.98 Å². The molecule has 0 aliphatic carbocycles. The third-order valence-electron chi connectivity index (χ3n) is 2.44. The Morgan fingerprint density at radius 1 is 1.30 bits per heavy atom. The Kier molecular flexibility index (Phi) is 7.06. The zero-order valence-corrected chi connectivity index (χ0v) is 12.2. The summed E-state index contributed by atoms with van der Waals surface area (Å²) in [7, 11) is 0. The molecule has 0 radical (unpaired) electrons. The minimum atomic E-state index is 0.372. The summed E-state index contributed by atoms with van der Waals surface area (Å²) in [5.41, 5.74) is 1.97. The van der Waals surface area contributed by atoms with Crippen molar-refractivity contribution in [2.45, 2.75) is 34.1 Å². The maximum atomic E-state index is 8.53. The molecule has 0 saturated heterocycles. The average molecular weight is 275 g/mol. The molecule has 5 nitrogen and oxygen atoms in total. The molecule has 0 bridgehead atoms. The van der Waals surface area contributed by atoms with Crippen LogP contribution in [-0.4, -0.2) is 21.0 Å². The Labute approximate surface area is 119 Å². The van der Waals surface area contributed by atoms with E-state index < -0.39 is 0 Å². The molecule has 2 aromatic rings. The van der Waals surface area contributed by atoms with E-state index in [-0.39, 0.29) is 0 Å². The zero-order chi connectivity index (χ0) is 14.8. The van der Waals surface area contributed by atoms with Crippen LogP contribution in [0.2, 0.25) is 0 Å². The highest BCUT2D eigenvalue weighted by Gasteiger charge is 2.03. The minimum Gasteiger partial charge on any atom is -0.411 e. The fourth-order valence-electron chi connectivity index (χ4n) is 1.66. The molecule has 0 aliphatic rings. The molecule has 0 amide bonds. The average Bonchev–Trinajstić information content (AvgIpc) is 2.83. The van der Waals surface area contributed by atoms with Crippen LogP contribution in [0.25, 0.3) is 0 Å². The van der Waals surface area contributed by atoms with Gasteiger partial charge in [0, 0.05) is 6.20 Å². The second-order valence-electron chi connectivity index (χ2n) is 3.92.